The second-order valence-electron chi connectivity index (χ2n) is 9.76. The van der Waals surface area contributed by atoms with Crippen LogP contribution in [-0.4, -0.2) is 25.1 Å². The van der Waals surface area contributed by atoms with Crippen molar-refractivity contribution in [1.29, 1.82) is 0 Å². The summed E-state index contributed by atoms with van der Waals surface area (Å²) in [4.78, 5) is 20.0. The summed E-state index contributed by atoms with van der Waals surface area (Å²) in [7, 11) is 3.30. The molecule has 1 amide bonds. The number of ether oxygens (including phenoxy) is 2. The van der Waals surface area contributed by atoms with Crippen LogP contribution in [-0.2, 0) is 19.6 Å². The molecule has 1 aromatic heterocycles. The zero-order chi connectivity index (χ0) is 28.6. The van der Waals surface area contributed by atoms with Crippen molar-refractivity contribution in [3.05, 3.63) is 130 Å². The lowest BCUT2D eigenvalue weighted by Crippen LogP contribution is -2.24. The van der Waals surface area contributed by atoms with Gasteiger partial charge in [0.2, 0.25) is 0 Å². The predicted molar refractivity (Wildman–Crippen MR) is 166 cm³/mol. The van der Waals surface area contributed by atoms with Crippen LogP contribution in [0.15, 0.2) is 102 Å². The number of amides is 1. The number of anilines is 1. The van der Waals surface area contributed by atoms with Gasteiger partial charge in [-0.3, -0.25) is 4.79 Å². The molecule has 208 valence electrons. The zero-order valence-electron chi connectivity index (χ0n) is 23.5. The van der Waals surface area contributed by atoms with Gasteiger partial charge in [0.05, 0.1) is 19.9 Å². The topological polar surface area (TPSA) is 63.7 Å². The smallest absolute Gasteiger partial charge is 0.251 e. The fourth-order valence-corrected chi connectivity index (χ4v) is 5.43. The lowest BCUT2D eigenvalue weighted by atomic mass is 10.1. The van der Waals surface area contributed by atoms with E-state index < -0.39 is 0 Å². The Hall–Kier alpha value is -4.62. The number of nitrogens with one attached hydrogen (secondary N) is 1. The van der Waals surface area contributed by atoms with E-state index in [-0.39, 0.29) is 5.91 Å². The number of thiazole rings is 1. The molecule has 0 aliphatic carbocycles. The number of aryl methyl sites for hydroxylation is 1. The van der Waals surface area contributed by atoms with Crippen molar-refractivity contribution in [2.45, 2.75) is 26.6 Å². The van der Waals surface area contributed by atoms with Crippen LogP contribution in [0, 0.1) is 6.92 Å². The molecule has 7 heteroatoms. The number of methoxy groups -OCH3 is 2. The summed E-state index contributed by atoms with van der Waals surface area (Å²) >= 11 is 1.61. The highest BCUT2D eigenvalue weighted by Gasteiger charge is 2.18. The second-order valence-corrected chi connectivity index (χ2v) is 10.6. The van der Waals surface area contributed by atoms with Gasteiger partial charge in [0.1, 0.15) is 0 Å². The molecule has 5 aromatic rings. The van der Waals surface area contributed by atoms with E-state index in [4.69, 9.17) is 14.5 Å². The first kappa shape index (κ1) is 27.9. The largest absolute Gasteiger partial charge is 0.493 e. The number of aromatic nitrogens is 1. The summed E-state index contributed by atoms with van der Waals surface area (Å²) in [5.41, 5.74) is 6.98. The number of para-hydroxylation sites is 1. The molecule has 6 nitrogen and oxygen atoms in total. The van der Waals surface area contributed by atoms with Crippen LogP contribution in [0.2, 0.25) is 0 Å². The van der Waals surface area contributed by atoms with Crippen LogP contribution in [0.3, 0.4) is 0 Å². The van der Waals surface area contributed by atoms with Crippen LogP contribution in [0.1, 0.15) is 32.6 Å². The number of benzene rings is 4. The number of nitrogens with zero attached hydrogens (tertiary/aromatic N) is 2. The first-order valence-corrected chi connectivity index (χ1v) is 14.3. The molecule has 0 aliphatic rings. The molecule has 0 bridgehead atoms. The standard InChI is InChI=1S/C34H33N3O3S/c1-24-12-14-25(15-13-24)20-35-33(38)28-18-16-26(17-19-28)21-37(22-29-10-7-11-31(39-2)32(29)40-3)34-36-30(23-41-34)27-8-5-4-6-9-27/h4-19,23H,20-22H2,1-3H3,(H,35,38). The molecule has 0 saturated heterocycles. The highest BCUT2D eigenvalue weighted by Crippen LogP contribution is 2.35. The van der Waals surface area contributed by atoms with Crippen molar-refractivity contribution >= 4 is 22.4 Å². The van der Waals surface area contributed by atoms with Crippen molar-refractivity contribution in [2.75, 3.05) is 19.1 Å². The lowest BCUT2D eigenvalue weighted by molar-refractivity contribution is 0.0951. The molecule has 0 unspecified atom stereocenters. The molecule has 1 N–H and O–H groups in total. The third-order valence-corrected chi connectivity index (χ3v) is 7.74. The molecule has 41 heavy (non-hydrogen) atoms. The van der Waals surface area contributed by atoms with Gasteiger partial charge in [-0.2, -0.15) is 0 Å². The minimum atomic E-state index is -0.0949. The van der Waals surface area contributed by atoms with Crippen LogP contribution >= 0.6 is 11.3 Å². The molecule has 1 heterocycles. The van der Waals surface area contributed by atoms with Crippen LogP contribution in [0.25, 0.3) is 11.3 Å². The van der Waals surface area contributed by atoms with Crippen LogP contribution in [0.4, 0.5) is 5.13 Å². The monoisotopic (exact) mass is 563 g/mol. The Kier molecular flexibility index (Phi) is 8.96. The van der Waals surface area contributed by atoms with Crippen molar-refractivity contribution in [3.8, 4) is 22.8 Å². The minimum absolute atomic E-state index is 0.0949. The van der Waals surface area contributed by atoms with E-state index in [2.05, 4.69) is 46.8 Å². The summed E-state index contributed by atoms with van der Waals surface area (Å²) in [6.07, 6.45) is 0. The van der Waals surface area contributed by atoms with Gasteiger partial charge >= 0.3 is 0 Å². The first-order valence-electron chi connectivity index (χ1n) is 13.4. The van der Waals surface area contributed by atoms with Crippen molar-refractivity contribution in [2.24, 2.45) is 0 Å². The quantitative estimate of drug-likeness (QED) is 0.183. The van der Waals surface area contributed by atoms with Gasteiger partial charge in [-0.25, -0.2) is 4.98 Å². The third-order valence-electron chi connectivity index (χ3n) is 6.84. The number of hydrogen-bond donors (Lipinski definition) is 1. The van der Waals surface area contributed by atoms with Crippen LogP contribution in [0.5, 0.6) is 11.5 Å². The molecule has 0 saturated carbocycles. The maximum absolute atomic E-state index is 12.8. The molecule has 0 aliphatic heterocycles. The molecule has 4 aromatic carbocycles. The summed E-state index contributed by atoms with van der Waals surface area (Å²) in [5.74, 6) is 1.30. The van der Waals surface area contributed by atoms with Gasteiger partial charge in [-0.15, -0.1) is 11.3 Å². The van der Waals surface area contributed by atoms with Gasteiger partial charge in [0, 0.05) is 41.7 Å². The Balaban J connectivity index is 1.36. The minimum Gasteiger partial charge on any atom is -0.493 e. The summed E-state index contributed by atoms with van der Waals surface area (Å²) in [5, 5.41) is 5.99. The third kappa shape index (κ3) is 6.94. The van der Waals surface area contributed by atoms with Crippen molar-refractivity contribution in [3.63, 3.8) is 0 Å². The lowest BCUT2D eigenvalue weighted by Gasteiger charge is -2.24. The molecular weight excluding hydrogens is 530 g/mol. The highest BCUT2D eigenvalue weighted by atomic mass is 32.1. The molecule has 0 atom stereocenters. The van der Waals surface area contributed by atoms with E-state index in [0.717, 1.165) is 33.1 Å². The second kappa shape index (κ2) is 13.2. The maximum atomic E-state index is 12.8. The fraction of sp³-hybridized carbons (Fsp3) is 0.176. The predicted octanol–water partition coefficient (Wildman–Crippen LogP) is 7.27. The van der Waals surface area contributed by atoms with Crippen molar-refractivity contribution in [1.82, 2.24) is 10.3 Å². The zero-order valence-corrected chi connectivity index (χ0v) is 24.3. The van der Waals surface area contributed by atoms with Gasteiger partial charge in [-0.1, -0.05) is 84.4 Å². The Morgan fingerprint density at radius 2 is 1.56 bits per heavy atom. The highest BCUT2D eigenvalue weighted by molar-refractivity contribution is 7.14. The molecule has 5 rings (SSSR count). The molecular formula is C34H33N3O3S. The maximum Gasteiger partial charge on any atom is 0.251 e. The molecule has 0 spiro atoms. The number of rotatable bonds is 11. The Morgan fingerprint density at radius 3 is 2.27 bits per heavy atom. The normalized spacial score (nSPS) is 10.7. The number of carbonyl (C=O) groups is 1. The Labute approximate surface area is 245 Å². The van der Waals surface area contributed by atoms with E-state index >= 15 is 0 Å². The Bertz CT molecular complexity index is 1580. The van der Waals surface area contributed by atoms with E-state index in [9.17, 15) is 4.79 Å². The summed E-state index contributed by atoms with van der Waals surface area (Å²) in [6, 6.07) is 32.0. The van der Waals surface area contributed by atoms with E-state index in [1.165, 1.54) is 5.56 Å². The first-order chi connectivity index (χ1) is 20.0. The van der Waals surface area contributed by atoms with Gasteiger partial charge in [-0.05, 0) is 36.2 Å². The average molecular weight is 564 g/mol. The molecule has 0 fully saturated rings. The fourth-order valence-electron chi connectivity index (χ4n) is 4.60. The number of carbonyl (C=O) groups excluding carboxylic acids is 1. The van der Waals surface area contributed by atoms with E-state index in [1.807, 2.05) is 72.8 Å². The van der Waals surface area contributed by atoms with Crippen LogP contribution < -0.4 is 19.7 Å². The molecule has 0 radical (unpaired) electrons. The van der Waals surface area contributed by atoms with Gasteiger partial charge < -0.3 is 19.7 Å². The van der Waals surface area contributed by atoms with Crippen molar-refractivity contribution < 1.29 is 14.3 Å². The average Bonchev–Trinajstić information content (AvgIpc) is 3.51. The Morgan fingerprint density at radius 1 is 0.829 bits per heavy atom. The van der Waals surface area contributed by atoms with Gasteiger partial charge in [0.15, 0.2) is 16.6 Å². The van der Waals surface area contributed by atoms with E-state index in [1.54, 1.807) is 25.6 Å². The summed E-state index contributed by atoms with van der Waals surface area (Å²) < 4.78 is 11.3. The SMILES string of the molecule is COc1cccc(CN(Cc2ccc(C(=O)NCc3ccc(C)cc3)cc2)c2nc(-c3ccccc3)cs2)c1OC. The van der Waals surface area contributed by atoms with Gasteiger partial charge in [0.25, 0.3) is 5.91 Å². The number of hydrogen-bond acceptors (Lipinski definition) is 6. The van der Waals surface area contributed by atoms with E-state index in [0.29, 0.717) is 36.7 Å². The summed E-state index contributed by atoms with van der Waals surface area (Å²) in [6.45, 7) is 3.72.